The lowest BCUT2D eigenvalue weighted by atomic mass is 9.85. The van der Waals surface area contributed by atoms with Gasteiger partial charge >= 0.3 is 0 Å². The van der Waals surface area contributed by atoms with Crippen molar-refractivity contribution >= 4 is 5.91 Å². The Labute approximate surface area is 151 Å². The maximum absolute atomic E-state index is 13.2. The van der Waals surface area contributed by atoms with Crippen molar-refractivity contribution < 1.29 is 9.90 Å². The fourth-order valence-electron chi connectivity index (χ4n) is 4.23. The van der Waals surface area contributed by atoms with Gasteiger partial charge in [0.2, 0.25) is 5.91 Å². The van der Waals surface area contributed by atoms with Gasteiger partial charge in [0.15, 0.2) is 0 Å². The summed E-state index contributed by atoms with van der Waals surface area (Å²) in [5, 5.41) is 9.75. The zero-order valence-electron chi connectivity index (χ0n) is 15.4. The predicted octanol–water partition coefficient (Wildman–Crippen LogP) is 2.70. The Hall–Kier alpha value is -1.39. The van der Waals surface area contributed by atoms with Gasteiger partial charge in [0.25, 0.3) is 0 Å². The van der Waals surface area contributed by atoms with Crippen LogP contribution in [-0.2, 0) is 11.2 Å². The average Bonchev–Trinajstić information content (AvgIpc) is 2.64. The van der Waals surface area contributed by atoms with E-state index in [0.29, 0.717) is 11.9 Å². The molecule has 0 aromatic heterocycles. The maximum Gasteiger partial charge on any atom is 0.225 e. The van der Waals surface area contributed by atoms with Crippen LogP contribution in [0.15, 0.2) is 30.3 Å². The second kappa shape index (κ2) is 8.81. The number of likely N-dealkylation sites (tertiary alicyclic amines) is 1. The lowest BCUT2D eigenvalue weighted by Crippen LogP contribution is -2.49. The first kappa shape index (κ1) is 18.4. The van der Waals surface area contributed by atoms with E-state index in [9.17, 15) is 9.90 Å². The van der Waals surface area contributed by atoms with Crippen molar-refractivity contribution in [3.63, 3.8) is 0 Å². The van der Waals surface area contributed by atoms with Gasteiger partial charge in [-0.3, -0.25) is 4.79 Å². The number of aliphatic hydroxyl groups excluding tert-OH is 1. The Morgan fingerprint density at radius 2 is 1.72 bits per heavy atom. The zero-order valence-corrected chi connectivity index (χ0v) is 15.4. The van der Waals surface area contributed by atoms with Crippen molar-refractivity contribution in [3.8, 4) is 0 Å². The summed E-state index contributed by atoms with van der Waals surface area (Å²) >= 11 is 0. The third-order valence-electron chi connectivity index (χ3n) is 5.94. The van der Waals surface area contributed by atoms with Gasteiger partial charge in [-0.2, -0.15) is 0 Å². The molecule has 1 heterocycles. The standard InChI is InChI=1S/C21H32N2O2/c1-22-14-12-19(13-15-22)23(16-11-17-5-3-2-4-6-17)21(25)18-7-9-20(24)10-8-18/h2-6,18-20,24H,7-16H2,1H3. The number of piperidine rings is 1. The highest BCUT2D eigenvalue weighted by Crippen LogP contribution is 2.28. The molecule has 138 valence electrons. The Morgan fingerprint density at radius 1 is 1.08 bits per heavy atom. The smallest absolute Gasteiger partial charge is 0.225 e. The molecular weight excluding hydrogens is 312 g/mol. The third-order valence-corrected chi connectivity index (χ3v) is 5.94. The van der Waals surface area contributed by atoms with Crippen LogP contribution in [-0.4, -0.2) is 59.6 Å². The highest BCUT2D eigenvalue weighted by molar-refractivity contribution is 5.79. The molecule has 0 spiro atoms. The van der Waals surface area contributed by atoms with Crippen molar-refractivity contribution in [2.75, 3.05) is 26.7 Å². The number of hydrogen-bond acceptors (Lipinski definition) is 3. The van der Waals surface area contributed by atoms with Crippen LogP contribution in [0.3, 0.4) is 0 Å². The number of benzene rings is 1. The second-order valence-electron chi connectivity index (χ2n) is 7.81. The van der Waals surface area contributed by atoms with Gasteiger partial charge in [0.05, 0.1) is 6.10 Å². The highest BCUT2D eigenvalue weighted by Gasteiger charge is 2.33. The first-order valence-electron chi connectivity index (χ1n) is 9.84. The lowest BCUT2D eigenvalue weighted by Gasteiger charge is -2.40. The topological polar surface area (TPSA) is 43.8 Å². The van der Waals surface area contributed by atoms with Gasteiger partial charge < -0.3 is 14.9 Å². The minimum Gasteiger partial charge on any atom is -0.393 e. The first-order chi connectivity index (χ1) is 12.1. The Bertz CT molecular complexity index is 532. The summed E-state index contributed by atoms with van der Waals surface area (Å²) in [6.07, 6.45) is 6.10. The van der Waals surface area contributed by atoms with E-state index < -0.39 is 0 Å². The molecule has 4 heteroatoms. The normalized spacial score (nSPS) is 25.7. The summed E-state index contributed by atoms with van der Waals surface area (Å²) in [5.41, 5.74) is 1.30. The molecule has 1 saturated heterocycles. The molecule has 1 aromatic carbocycles. The number of amides is 1. The quantitative estimate of drug-likeness (QED) is 0.893. The number of rotatable bonds is 5. The van der Waals surface area contributed by atoms with Crippen molar-refractivity contribution in [1.82, 2.24) is 9.80 Å². The zero-order chi connectivity index (χ0) is 17.6. The SMILES string of the molecule is CN1CCC(N(CCc2ccccc2)C(=O)C2CCC(O)CC2)CC1. The summed E-state index contributed by atoms with van der Waals surface area (Å²) in [7, 11) is 2.16. The third kappa shape index (κ3) is 5.05. The number of hydrogen-bond donors (Lipinski definition) is 1. The van der Waals surface area contributed by atoms with Crippen LogP contribution in [0.2, 0.25) is 0 Å². The largest absolute Gasteiger partial charge is 0.393 e. The van der Waals surface area contributed by atoms with Crippen LogP contribution < -0.4 is 0 Å². The molecule has 0 atom stereocenters. The van der Waals surface area contributed by atoms with Crippen LogP contribution >= 0.6 is 0 Å². The van der Waals surface area contributed by atoms with Gasteiger partial charge in [-0.1, -0.05) is 30.3 Å². The summed E-state index contributed by atoms with van der Waals surface area (Å²) in [6.45, 7) is 2.96. The molecule has 2 fully saturated rings. The van der Waals surface area contributed by atoms with E-state index >= 15 is 0 Å². The van der Waals surface area contributed by atoms with Crippen molar-refractivity contribution in [1.29, 1.82) is 0 Å². The molecule has 1 aliphatic heterocycles. The Balaban J connectivity index is 1.66. The molecule has 2 aliphatic rings. The fourth-order valence-corrected chi connectivity index (χ4v) is 4.23. The van der Waals surface area contributed by atoms with Crippen LogP contribution in [0.25, 0.3) is 0 Å². The Kier molecular flexibility index (Phi) is 6.49. The van der Waals surface area contributed by atoms with E-state index in [4.69, 9.17) is 0 Å². The van der Waals surface area contributed by atoms with Crippen LogP contribution in [0.1, 0.15) is 44.1 Å². The monoisotopic (exact) mass is 344 g/mol. The number of nitrogens with zero attached hydrogens (tertiary/aromatic N) is 2. The van der Waals surface area contributed by atoms with Crippen molar-refractivity contribution in [3.05, 3.63) is 35.9 Å². The summed E-state index contributed by atoms with van der Waals surface area (Å²) in [5.74, 6) is 0.441. The van der Waals surface area contributed by atoms with Crippen LogP contribution in [0, 0.1) is 5.92 Å². The predicted molar refractivity (Wildman–Crippen MR) is 100 cm³/mol. The van der Waals surface area contributed by atoms with E-state index in [0.717, 1.165) is 64.6 Å². The molecule has 1 aliphatic carbocycles. The van der Waals surface area contributed by atoms with Gasteiger partial charge in [-0.25, -0.2) is 0 Å². The fraction of sp³-hybridized carbons (Fsp3) is 0.667. The molecule has 3 rings (SSSR count). The minimum absolute atomic E-state index is 0.110. The molecule has 1 saturated carbocycles. The summed E-state index contributed by atoms with van der Waals surface area (Å²) in [6, 6.07) is 10.8. The number of carbonyl (C=O) groups is 1. The number of carbonyl (C=O) groups excluding carboxylic acids is 1. The van der Waals surface area contributed by atoms with E-state index in [-0.39, 0.29) is 12.0 Å². The van der Waals surface area contributed by atoms with Gasteiger partial charge in [0.1, 0.15) is 0 Å². The second-order valence-corrected chi connectivity index (χ2v) is 7.81. The maximum atomic E-state index is 13.2. The Morgan fingerprint density at radius 3 is 2.36 bits per heavy atom. The molecule has 1 amide bonds. The van der Waals surface area contributed by atoms with Crippen molar-refractivity contribution in [2.24, 2.45) is 5.92 Å². The molecule has 0 radical (unpaired) electrons. The summed E-state index contributed by atoms with van der Waals surface area (Å²) in [4.78, 5) is 17.8. The lowest BCUT2D eigenvalue weighted by molar-refractivity contribution is -0.140. The van der Waals surface area contributed by atoms with Gasteiger partial charge in [0, 0.05) is 18.5 Å². The van der Waals surface area contributed by atoms with Gasteiger partial charge in [-0.15, -0.1) is 0 Å². The molecule has 0 bridgehead atoms. The van der Waals surface area contributed by atoms with E-state index in [1.54, 1.807) is 0 Å². The molecular formula is C21H32N2O2. The van der Waals surface area contributed by atoms with E-state index in [1.165, 1.54) is 5.56 Å². The first-order valence-corrected chi connectivity index (χ1v) is 9.84. The molecule has 1 N–H and O–H groups in total. The molecule has 0 unspecified atom stereocenters. The molecule has 25 heavy (non-hydrogen) atoms. The average molecular weight is 344 g/mol. The van der Waals surface area contributed by atoms with Crippen LogP contribution in [0.5, 0.6) is 0 Å². The van der Waals surface area contributed by atoms with E-state index in [1.807, 2.05) is 6.07 Å². The highest BCUT2D eigenvalue weighted by atomic mass is 16.3. The summed E-state index contributed by atoms with van der Waals surface area (Å²) < 4.78 is 0. The minimum atomic E-state index is -0.204. The van der Waals surface area contributed by atoms with Crippen LogP contribution in [0.4, 0.5) is 0 Å². The molecule has 4 nitrogen and oxygen atoms in total. The van der Waals surface area contributed by atoms with Gasteiger partial charge in [-0.05, 0) is 70.6 Å². The van der Waals surface area contributed by atoms with E-state index in [2.05, 4.69) is 41.1 Å². The molecule has 1 aromatic rings. The number of aliphatic hydroxyl groups is 1. The van der Waals surface area contributed by atoms with Crippen molar-refractivity contribution in [2.45, 2.75) is 57.1 Å².